The van der Waals surface area contributed by atoms with Crippen LogP contribution in [0.1, 0.15) is 42.6 Å². The van der Waals surface area contributed by atoms with Crippen molar-refractivity contribution < 1.29 is 13.2 Å². The summed E-state index contributed by atoms with van der Waals surface area (Å²) < 4.78 is 27.3. The molecule has 27 heavy (non-hydrogen) atoms. The number of anilines is 1. The summed E-state index contributed by atoms with van der Waals surface area (Å²) >= 11 is 0. The molecule has 6 heteroatoms. The molecule has 0 atom stereocenters. The molecule has 1 N–H and O–H groups in total. The van der Waals surface area contributed by atoms with Crippen LogP contribution in [0.3, 0.4) is 0 Å². The van der Waals surface area contributed by atoms with Gasteiger partial charge in [-0.15, -0.1) is 0 Å². The van der Waals surface area contributed by atoms with E-state index in [0.717, 1.165) is 24.9 Å². The van der Waals surface area contributed by atoms with Gasteiger partial charge in [0.2, 0.25) is 10.0 Å². The third-order valence-electron chi connectivity index (χ3n) is 4.78. The number of fused-ring (bicyclic) bond motifs is 1. The van der Waals surface area contributed by atoms with Gasteiger partial charge < -0.3 is 4.90 Å². The number of carbonyl (C=O) groups excluding carboxylic acids is 1. The quantitative estimate of drug-likeness (QED) is 0.825. The summed E-state index contributed by atoms with van der Waals surface area (Å²) in [6, 6.07) is 14.1. The fourth-order valence-corrected chi connectivity index (χ4v) is 4.29. The van der Waals surface area contributed by atoms with E-state index in [4.69, 9.17) is 0 Å². The van der Waals surface area contributed by atoms with Gasteiger partial charge in [0.1, 0.15) is 0 Å². The zero-order valence-corrected chi connectivity index (χ0v) is 16.6. The van der Waals surface area contributed by atoms with Crippen LogP contribution < -0.4 is 9.62 Å². The number of nitrogens with one attached hydrogen (secondary N) is 1. The summed E-state index contributed by atoms with van der Waals surface area (Å²) in [7, 11) is -3.55. The third kappa shape index (κ3) is 4.57. The van der Waals surface area contributed by atoms with Crippen LogP contribution in [0.25, 0.3) is 0 Å². The Hall–Kier alpha value is -2.18. The number of sulfonamides is 1. The van der Waals surface area contributed by atoms with Gasteiger partial charge in [-0.2, -0.15) is 0 Å². The fourth-order valence-electron chi connectivity index (χ4n) is 3.24. The van der Waals surface area contributed by atoms with Gasteiger partial charge >= 0.3 is 0 Å². The summed E-state index contributed by atoms with van der Waals surface area (Å²) in [5, 5.41) is 0. The van der Waals surface area contributed by atoms with E-state index in [2.05, 4.69) is 4.72 Å². The first-order valence-electron chi connectivity index (χ1n) is 9.38. The van der Waals surface area contributed by atoms with Crippen LogP contribution in [0.5, 0.6) is 0 Å². The third-order valence-corrected chi connectivity index (χ3v) is 6.26. The smallest absolute Gasteiger partial charge is 0.258 e. The van der Waals surface area contributed by atoms with Gasteiger partial charge in [-0.25, -0.2) is 13.1 Å². The first-order chi connectivity index (χ1) is 12.9. The Morgan fingerprint density at radius 1 is 1.11 bits per heavy atom. The van der Waals surface area contributed by atoms with Crippen molar-refractivity contribution in [3.63, 3.8) is 0 Å². The number of carbonyl (C=O) groups is 1. The van der Waals surface area contributed by atoms with Crippen molar-refractivity contribution in [3.8, 4) is 0 Å². The molecule has 2 aromatic carbocycles. The van der Waals surface area contributed by atoms with E-state index >= 15 is 0 Å². The van der Waals surface area contributed by atoms with Crippen LogP contribution in [0.2, 0.25) is 0 Å². The van der Waals surface area contributed by atoms with Crippen LogP contribution in [0.4, 0.5) is 5.69 Å². The molecule has 3 rings (SSSR count). The minimum absolute atomic E-state index is 0.0983. The molecule has 0 aromatic heterocycles. The molecule has 1 heterocycles. The van der Waals surface area contributed by atoms with Gasteiger partial charge in [0.05, 0.1) is 4.90 Å². The molecule has 5 nitrogen and oxygen atoms in total. The number of rotatable bonds is 6. The lowest BCUT2D eigenvalue weighted by Gasteiger charge is -2.29. The summed E-state index contributed by atoms with van der Waals surface area (Å²) in [6.45, 7) is 5.18. The van der Waals surface area contributed by atoms with Crippen LogP contribution in [-0.2, 0) is 16.4 Å². The number of hydrogen-bond acceptors (Lipinski definition) is 3. The first-order valence-corrected chi connectivity index (χ1v) is 10.9. The maximum absolute atomic E-state index is 12.9. The molecule has 0 bridgehead atoms. The SMILES string of the molecule is CC(C)CCNS(=O)(=O)c1ccc(C(=O)N2CCCc3ccccc32)cc1. The molecule has 144 valence electrons. The number of hydrogen-bond donors (Lipinski definition) is 1. The number of benzene rings is 2. The molecule has 2 aromatic rings. The topological polar surface area (TPSA) is 66.5 Å². The number of nitrogens with zero attached hydrogens (tertiary/aromatic N) is 1. The average molecular weight is 387 g/mol. The highest BCUT2D eigenvalue weighted by Crippen LogP contribution is 2.28. The van der Waals surface area contributed by atoms with Crippen LogP contribution in [-0.4, -0.2) is 27.4 Å². The Bertz CT molecular complexity index is 905. The Kier molecular flexibility index (Phi) is 5.97. The van der Waals surface area contributed by atoms with Crippen molar-refractivity contribution in [2.75, 3.05) is 18.0 Å². The minimum atomic E-state index is -3.55. The minimum Gasteiger partial charge on any atom is -0.308 e. The normalized spacial score (nSPS) is 14.3. The van der Waals surface area contributed by atoms with E-state index in [0.29, 0.717) is 24.6 Å². The molecular formula is C21H26N2O3S. The second-order valence-corrected chi connectivity index (χ2v) is 9.06. The predicted molar refractivity (Wildman–Crippen MR) is 108 cm³/mol. The molecule has 0 unspecified atom stereocenters. The van der Waals surface area contributed by atoms with Crippen molar-refractivity contribution in [1.82, 2.24) is 4.72 Å². The summed E-state index contributed by atoms with van der Waals surface area (Å²) in [5.74, 6) is 0.332. The molecule has 1 amide bonds. The lowest BCUT2D eigenvalue weighted by molar-refractivity contribution is 0.0985. The van der Waals surface area contributed by atoms with Crippen LogP contribution in [0, 0.1) is 5.92 Å². The van der Waals surface area contributed by atoms with E-state index in [1.807, 2.05) is 38.1 Å². The molecule has 0 spiro atoms. The molecule has 0 fully saturated rings. The van der Waals surface area contributed by atoms with Gasteiger partial charge in [0.25, 0.3) is 5.91 Å². The van der Waals surface area contributed by atoms with E-state index in [1.165, 1.54) is 17.7 Å². The number of amides is 1. The molecular weight excluding hydrogens is 360 g/mol. The van der Waals surface area contributed by atoms with Crippen molar-refractivity contribution in [2.45, 2.75) is 38.0 Å². The predicted octanol–water partition coefficient (Wildman–Crippen LogP) is 3.60. The second-order valence-electron chi connectivity index (χ2n) is 7.29. The molecule has 0 saturated carbocycles. The molecule has 0 radical (unpaired) electrons. The van der Waals surface area contributed by atoms with E-state index in [-0.39, 0.29) is 10.8 Å². The van der Waals surface area contributed by atoms with Crippen molar-refractivity contribution in [1.29, 1.82) is 0 Å². The van der Waals surface area contributed by atoms with E-state index in [9.17, 15) is 13.2 Å². The van der Waals surface area contributed by atoms with Gasteiger partial charge in [0.15, 0.2) is 0 Å². The molecule has 0 aliphatic carbocycles. The summed E-state index contributed by atoms with van der Waals surface area (Å²) in [5.41, 5.74) is 2.61. The highest BCUT2D eigenvalue weighted by Gasteiger charge is 2.23. The maximum Gasteiger partial charge on any atom is 0.258 e. The van der Waals surface area contributed by atoms with E-state index in [1.54, 1.807) is 17.0 Å². The van der Waals surface area contributed by atoms with Gasteiger partial charge in [0, 0.05) is 24.3 Å². The molecule has 1 aliphatic heterocycles. The Morgan fingerprint density at radius 2 is 1.81 bits per heavy atom. The average Bonchev–Trinajstić information content (AvgIpc) is 2.66. The van der Waals surface area contributed by atoms with E-state index < -0.39 is 10.0 Å². The highest BCUT2D eigenvalue weighted by molar-refractivity contribution is 7.89. The Labute approximate surface area is 161 Å². The molecule has 0 saturated heterocycles. The van der Waals surface area contributed by atoms with Crippen molar-refractivity contribution in [2.24, 2.45) is 5.92 Å². The zero-order valence-electron chi connectivity index (χ0n) is 15.8. The number of aryl methyl sites for hydroxylation is 1. The van der Waals surface area contributed by atoms with Crippen LogP contribution >= 0.6 is 0 Å². The monoisotopic (exact) mass is 386 g/mol. The van der Waals surface area contributed by atoms with Gasteiger partial charge in [-0.1, -0.05) is 32.0 Å². The van der Waals surface area contributed by atoms with Crippen molar-refractivity contribution in [3.05, 3.63) is 59.7 Å². The summed E-state index contributed by atoms with van der Waals surface area (Å²) in [4.78, 5) is 14.9. The maximum atomic E-state index is 12.9. The lowest BCUT2D eigenvalue weighted by atomic mass is 10.0. The fraction of sp³-hybridized carbons (Fsp3) is 0.381. The largest absolute Gasteiger partial charge is 0.308 e. The Morgan fingerprint density at radius 3 is 2.52 bits per heavy atom. The van der Waals surface area contributed by atoms with Crippen LogP contribution in [0.15, 0.2) is 53.4 Å². The van der Waals surface area contributed by atoms with Gasteiger partial charge in [-0.05, 0) is 61.1 Å². The number of para-hydroxylation sites is 1. The second kappa shape index (κ2) is 8.23. The van der Waals surface area contributed by atoms with Gasteiger partial charge in [-0.3, -0.25) is 4.79 Å². The standard InChI is InChI=1S/C21H26N2O3S/c1-16(2)13-14-22-27(25,26)19-11-9-18(10-12-19)21(24)23-15-5-7-17-6-3-4-8-20(17)23/h3-4,6,8-12,16,22H,5,7,13-15H2,1-2H3. The first kappa shape index (κ1) is 19.6. The molecule has 1 aliphatic rings. The zero-order chi connectivity index (χ0) is 19.4. The Balaban J connectivity index is 1.75. The lowest BCUT2D eigenvalue weighted by Crippen LogP contribution is -2.35. The van der Waals surface area contributed by atoms with Crippen molar-refractivity contribution >= 4 is 21.6 Å². The summed E-state index contributed by atoms with van der Waals surface area (Å²) in [6.07, 6.45) is 2.68. The highest BCUT2D eigenvalue weighted by atomic mass is 32.2.